The lowest BCUT2D eigenvalue weighted by Gasteiger charge is -2.32. The van der Waals surface area contributed by atoms with Crippen molar-refractivity contribution >= 4 is 5.91 Å². The number of aliphatic hydroxyl groups is 1. The summed E-state index contributed by atoms with van der Waals surface area (Å²) < 4.78 is 33.7. The van der Waals surface area contributed by atoms with E-state index in [1.54, 1.807) is 12.1 Å². The van der Waals surface area contributed by atoms with Crippen molar-refractivity contribution in [3.63, 3.8) is 0 Å². The lowest BCUT2D eigenvalue weighted by atomic mass is 9.93. The van der Waals surface area contributed by atoms with Crippen LogP contribution in [0.5, 0.6) is 5.75 Å². The number of benzene rings is 3. The molecule has 38 heavy (non-hydrogen) atoms. The molecule has 0 saturated heterocycles. The summed E-state index contributed by atoms with van der Waals surface area (Å²) in [6.07, 6.45) is 1.63. The number of amides is 1. The number of aryl methyl sites for hydroxylation is 2. The van der Waals surface area contributed by atoms with Gasteiger partial charge in [0, 0.05) is 24.7 Å². The van der Waals surface area contributed by atoms with Crippen molar-refractivity contribution in [2.24, 2.45) is 0 Å². The molecule has 1 amide bonds. The van der Waals surface area contributed by atoms with E-state index in [1.807, 2.05) is 32.0 Å². The van der Waals surface area contributed by atoms with Gasteiger partial charge in [0.1, 0.15) is 23.0 Å². The van der Waals surface area contributed by atoms with Gasteiger partial charge in [-0.3, -0.25) is 4.79 Å². The second-order valence-corrected chi connectivity index (χ2v) is 10.6. The minimum Gasteiger partial charge on any atom is -0.488 e. The summed E-state index contributed by atoms with van der Waals surface area (Å²) in [5, 5.41) is 17.2. The summed E-state index contributed by atoms with van der Waals surface area (Å²) in [7, 11) is 0. The van der Waals surface area contributed by atoms with Gasteiger partial charge in [-0.15, -0.1) is 0 Å². The van der Waals surface area contributed by atoms with Crippen LogP contribution in [0, 0.1) is 11.6 Å². The molecule has 2 atom stereocenters. The molecule has 4 rings (SSSR count). The van der Waals surface area contributed by atoms with E-state index < -0.39 is 23.8 Å². The van der Waals surface area contributed by atoms with E-state index in [-0.39, 0.29) is 24.5 Å². The van der Waals surface area contributed by atoms with Gasteiger partial charge in [-0.05, 0) is 92.1 Å². The lowest BCUT2D eigenvalue weighted by molar-refractivity contribution is 0.0821. The maximum atomic E-state index is 13.9. The van der Waals surface area contributed by atoms with Gasteiger partial charge in [0.25, 0.3) is 5.91 Å². The average molecular weight is 523 g/mol. The van der Waals surface area contributed by atoms with Gasteiger partial charge < -0.3 is 20.5 Å². The first-order valence-electron chi connectivity index (χ1n) is 13.2. The van der Waals surface area contributed by atoms with Crippen LogP contribution in [0.4, 0.5) is 8.78 Å². The predicted molar refractivity (Wildman–Crippen MR) is 144 cm³/mol. The van der Waals surface area contributed by atoms with E-state index in [0.717, 1.165) is 42.2 Å². The summed E-state index contributed by atoms with van der Waals surface area (Å²) in [5.74, 6) is -1.01. The first-order chi connectivity index (χ1) is 18.1. The number of fused-ring (bicyclic) bond motifs is 1. The van der Waals surface area contributed by atoms with Gasteiger partial charge in [-0.25, -0.2) is 8.78 Å². The van der Waals surface area contributed by atoms with Crippen molar-refractivity contribution < 1.29 is 23.4 Å². The standard InChI is InChI=1S/C31H36F2N2O3/c1-4-20-6-5-7-21(12-20)18-34-19-28(36)27(15-22-13-25(32)17-26(33)14-22)35-30(37)24-8-9-29-23(16-24)10-11-31(2,3)38-29/h5-9,12-14,16-17,27-28,34,36H,4,10-11,15,18-19H2,1-3H3,(H,35,37)/t27-,28-/m0/s1. The van der Waals surface area contributed by atoms with Crippen molar-refractivity contribution in [2.45, 2.75) is 70.7 Å². The number of hydrogen-bond donors (Lipinski definition) is 3. The summed E-state index contributed by atoms with van der Waals surface area (Å²) in [5.41, 5.74) is 3.81. The smallest absolute Gasteiger partial charge is 0.251 e. The van der Waals surface area contributed by atoms with Crippen LogP contribution in [-0.4, -0.2) is 35.3 Å². The van der Waals surface area contributed by atoms with E-state index in [9.17, 15) is 18.7 Å². The Morgan fingerprint density at radius 1 is 1.03 bits per heavy atom. The molecule has 0 aliphatic carbocycles. The fourth-order valence-corrected chi connectivity index (χ4v) is 4.78. The average Bonchev–Trinajstić information content (AvgIpc) is 2.87. The molecule has 1 heterocycles. The minimum absolute atomic E-state index is 0.0663. The summed E-state index contributed by atoms with van der Waals surface area (Å²) in [6, 6.07) is 15.9. The molecule has 1 aliphatic rings. The number of nitrogens with one attached hydrogen (secondary N) is 2. The highest BCUT2D eigenvalue weighted by molar-refractivity contribution is 5.94. The van der Waals surface area contributed by atoms with E-state index in [4.69, 9.17) is 4.74 Å². The summed E-state index contributed by atoms with van der Waals surface area (Å²) >= 11 is 0. The zero-order valence-corrected chi connectivity index (χ0v) is 22.2. The number of hydrogen-bond acceptors (Lipinski definition) is 4. The Bertz CT molecular complexity index is 1260. The van der Waals surface area contributed by atoms with Crippen LogP contribution in [-0.2, 0) is 25.8 Å². The summed E-state index contributed by atoms with van der Waals surface area (Å²) in [4.78, 5) is 13.2. The molecule has 7 heteroatoms. The SMILES string of the molecule is CCc1cccc(CNC[C@H](O)[C@H](Cc2cc(F)cc(F)c2)NC(=O)c2ccc3c(c2)CCC(C)(C)O3)c1. The van der Waals surface area contributed by atoms with Crippen LogP contribution in [0.15, 0.2) is 60.7 Å². The fraction of sp³-hybridized carbons (Fsp3) is 0.387. The van der Waals surface area contributed by atoms with Crippen LogP contribution in [0.2, 0.25) is 0 Å². The predicted octanol–water partition coefficient (Wildman–Crippen LogP) is 5.12. The van der Waals surface area contributed by atoms with Crippen molar-refractivity contribution in [3.8, 4) is 5.75 Å². The van der Waals surface area contributed by atoms with Crippen LogP contribution in [0.3, 0.4) is 0 Å². The van der Waals surface area contributed by atoms with Crippen molar-refractivity contribution in [1.82, 2.24) is 10.6 Å². The number of aliphatic hydroxyl groups excluding tert-OH is 1. The molecule has 1 aliphatic heterocycles. The first kappa shape index (κ1) is 27.7. The zero-order valence-electron chi connectivity index (χ0n) is 22.2. The highest BCUT2D eigenvalue weighted by Gasteiger charge is 2.28. The maximum Gasteiger partial charge on any atom is 0.251 e. The van der Waals surface area contributed by atoms with E-state index >= 15 is 0 Å². The lowest BCUT2D eigenvalue weighted by Crippen LogP contribution is -2.48. The third-order valence-electron chi connectivity index (χ3n) is 6.95. The molecule has 3 aromatic rings. The minimum atomic E-state index is -0.999. The molecule has 0 spiro atoms. The Hall–Kier alpha value is -3.29. The normalized spacial score (nSPS) is 15.7. The van der Waals surface area contributed by atoms with Gasteiger partial charge >= 0.3 is 0 Å². The molecule has 3 aromatic carbocycles. The molecular formula is C31H36F2N2O3. The Morgan fingerprint density at radius 2 is 1.76 bits per heavy atom. The highest BCUT2D eigenvalue weighted by atomic mass is 19.1. The number of carbonyl (C=O) groups is 1. The zero-order chi connectivity index (χ0) is 27.3. The molecule has 3 N–H and O–H groups in total. The van der Waals surface area contributed by atoms with Gasteiger partial charge in [-0.2, -0.15) is 0 Å². The highest BCUT2D eigenvalue weighted by Crippen LogP contribution is 2.33. The Balaban J connectivity index is 1.47. The molecule has 0 unspecified atom stereocenters. The second kappa shape index (κ2) is 12.0. The van der Waals surface area contributed by atoms with Crippen molar-refractivity contribution in [1.29, 1.82) is 0 Å². The molecule has 0 radical (unpaired) electrons. The largest absolute Gasteiger partial charge is 0.488 e. The Kier molecular flexibility index (Phi) is 8.80. The van der Waals surface area contributed by atoms with E-state index in [2.05, 4.69) is 29.7 Å². The van der Waals surface area contributed by atoms with Crippen LogP contribution < -0.4 is 15.4 Å². The molecule has 5 nitrogen and oxygen atoms in total. The number of rotatable bonds is 10. The molecule has 202 valence electrons. The monoisotopic (exact) mass is 522 g/mol. The van der Waals surface area contributed by atoms with Gasteiger partial charge in [-0.1, -0.05) is 31.2 Å². The molecule has 0 bridgehead atoms. The Labute approximate surface area is 223 Å². The maximum absolute atomic E-state index is 13.9. The van der Waals surface area contributed by atoms with Crippen LogP contribution in [0.1, 0.15) is 59.8 Å². The third kappa shape index (κ3) is 7.39. The summed E-state index contributed by atoms with van der Waals surface area (Å²) in [6.45, 7) is 6.89. The van der Waals surface area contributed by atoms with E-state index in [1.165, 1.54) is 17.7 Å². The number of halogens is 2. The molecule has 0 aromatic heterocycles. The van der Waals surface area contributed by atoms with Crippen LogP contribution >= 0.6 is 0 Å². The second-order valence-electron chi connectivity index (χ2n) is 10.6. The number of ether oxygens (including phenoxy) is 1. The number of carbonyl (C=O) groups excluding carboxylic acids is 1. The quantitative estimate of drug-likeness (QED) is 0.346. The fourth-order valence-electron chi connectivity index (χ4n) is 4.78. The van der Waals surface area contributed by atoms with Crippen LogP contribution in [0.25, 0.3) is 0 Å². The molecule has 0 saturated carbocycles. The molecular weight excluding hydrogens is 486 g/mol. The van der Waals surface area contributed by atoms with Gasteiger partial charge in [0.2, 0.25) is 0 Å². The van der Waals surface area contributed by atoms with Crippen molar-refractivity contribution in [3.05, 3.63) is 100 Å². The van der Waals surface area contributed by atoms with Crippen molar-refractivity contribution in [2.75, 3.05) is 6.54 Å². The third-order valence-corrected chi connectivity index (χ3v) is 6.95. The van der Waals surface area contributed by atoms with Gasteiger partial charge in [0.15, 0.2) is 0 Å². The topological polar surface area (TPSA) is 70.6 Å². The Morgan fingerprint density at radius 3 is 2.50 bits per heavy atom. The van der Waals surface area contributed by atoms with E-state index in [0.29, 0.717) is 17.7 Å². The first-order valence-corrected chi connectivity index (χ1v) is 13.2. The molecule has 0 fully saturated rings. The van der Waals surface area contributed by atoms with Gasteiger partial charge in [0.05, 0.1) is 12.1 Å².